The number of halogens is 2. The quantitative estimate of drug-likeness (QED) is 0.827. The molecule has 0 atom stereocenters. The zero-order chi connectivity index (χ0) is 14.7. The predicted molar refractivity (Wildman–Crippen MR) is 84.2 cm³/mol. The maximum absolute atomic E-state index is 12.8. The third kappa shape index (κ3) is 3.70. The first-order chi connectivity index (χ1) is 9.47. The smallest absolute Gasteiger partial charge is 0.141 e. The summed E-state index contributed by atoms with van der Waals surface area (Å²) < 4.78 is 13.6. The molecule has 6 heteroatoms. The van der Waals surface area contributed by atoms with Crippen LogP contribution in [0.15, 0.2) is 33.6 Å². The Morgan fingerprint density at radius 2 is 1.90 bits per heavy atom. The number of thioether (sulfide) groups is 1. The van der Waals surface area contributed by atoms with Gasteiger partial charge in [-0.25, -0.2) is 14.4 Å². The van der Waals surface area contributed by atoms with Gasteiger partial charge in [0.1, 0.15) is 17.5 Å². The largest absolute Gasteiger partial charge is 0.383 e. The number of hydrogen-bond acceptors (Lipinski definition) is 4. The molecule has 0 unspecified atom stereocenters. The topological polar surface area (TPSA) is 51.8 Å². The van der Waals surface area contributed by atoms with Crippen LogP contribution in [-0.2, 0) is 5.75 Å². The van der Waals surface area contributed by atoms with E-state index in [0.29, 0.717) is 17.4 Å². The monoisotopic (exact) mass is 355 g/mol. The van der Waals surface area contributed by atoms with Gasteiger partial charge in [-0.3, -0.25) is 0 Å². The van der Waals surface area contributed by atoms with Crippen molar-refractivity contribution in [2.45, 2.75) is 30.4 Å². The molecule has 0 bridgehead atoms. The minimum Gasteiger partial charge on any atom is -0.383 e. The van der Waals surface area contributed by atoms with E-state index >= 15 is 0 Å². The van der Waals surface area contributed by atoms with Crippen LogP contribution in [0.2, 0.25) is 0 Å². The Morgan fingerprint density at radius 3 is 2.50 bits per heavy atom. The molecule has 1 heterocycles. The fraction of sp³-hybridized carbons (Fsp3) is 0.286. The number of hydrogen-bond donors (Lipinski definition) is 1. The van der Waals surface area contributed by atoms with Crippen LogP contribution in [0.4, 0.5) is 10.2 Å². The summed E-state index contributed by atoms with van der Waals surface area (Å²) in [4.78, 5) is 9.78. The normalized spacial score (nSPS) is 11.1. The summed E-state index contributed by atoms with van der Waals surface area (Å²) in [5.74, 6) is 1.77. The molecule has 2 aromatic rings. The summed E-state index contributed by atoms with van der Waals surface area (Å²) in [5, 5.41) is 0. The highest BCUT2D eigenvalue weighted by molar-refractivity contribution is 9.10. The van der Waals surface area contributed by atoms with Crippen molar-refractivity contribution in [3.63, 3.8) is 0 Å². The molecule has 0 radical (unpaired) electrons. The second kappa shape index (κ2) is 6.54. The van der Waals surface area contributed by atoms with Crippen molar-refractivity contribution >= 4 is 33.5 Å². The second-order valence-electron chi connectivity index (χ2n) is 4.62. The molecule has 0 fully saturated rings. The minimum atomic E-state index is -0.236. The van der Waals surface area contributed by atoms with Crippen LogP contribution in [0.1, 0.15) is 31.3 Å². The van der Waals surface area contributed by atoms with E-state index in [9.17, 15) is 4.39 Å². The average Bonchev–Trinajstić information content (AvgIpc) is 2.41. The van der Waals surface area contributed by atoms with Crippen molar-refractivity contribution in [1.29, 1.82) is 0 Å². The van der Waals surface area contributed by atoms with Gasteiger partial charge in [0.2, 0.25) is 0 Å². The molecule has 1 aromatic carbocycles. The Balaban J connectivity index is 2.15. The van der Waals surface area contributed by atoms with Gasteiger partial charge >= 0.3 is 0 Å². The lowest BCUT2D eigenvalue weighted by molar-refractivity contribution is 0.626. The summed E-state index contributed by atoms with van der Waals surface area (Å²) >= 11 is 4.98. The Labute approximate surface area is 130 Å². The number of aromatic nitrogens is 2. The lowest BCUT2D eigenvalue weighted by atomic mass is 10.1. The molecule has 1 aromatic heterocycles. The number of nitrogens with two attached hydrogens (primary N) is 1. The minimum absolute atomic E-state index is 0.236. The van der Waals surface area contributed by atoms with E-state index in [1.54, 1.807) is 23.9 Å². The molecule has 0 saturated carbocycles. The molecule has 0 aliphatic rings. The van der Waals surface area contributed by atoms with Crippen LogP contribution in [0.25, 0.3) is 0 Å². The molecule has 0 amide bonds. The van der Waals surface area contributed by atoms with Gasteiger partial charge in [0.15, 0.2) is 0 Å². The fourth-order valence-electron chi connectivity index (χ4n) is 1.66. The van der Waals surface area contributed by atoms with Gasteiger partial charge < -0.3 is 5.73 Å². The van der Waals surface area contributed by atoms with E-state index in [4.69, 9.17) is 5.73 Å². The first-order valence-electron chi connectivity index (χ1n) is 6.17. The molecule has 20 heavy (non-hydrogen) atoms. The van der Waals surface area contributed by atoms with E-state index in [0.717, 1.165) is 15.1 Å². The number of rotatable bonds is 4. The summed E-state index contributed by atoms with van der Waals surface area (Å²) in [5.41, 5.74) is 6.80. The van der Waals surface area contributed by atoms with E-state index in [1.807, 2.05) is 0 Å². The summed E-state index contributed by atoms with van der Waals surface area (Å²) in [6.45, 7) is 4.12. The van der Waals surface area contributed by atoms with E-state index in [1.165, 1.54) is 12.1 Å². The van der Waals surface area contributed by atoms with Gasteiger partial charge in [-0.2, -0.15) is 0 Å². The van der Waals surface area contributed by atoms with E-state index in [-0.39, 0.29) is 11.7 Å². The second-order valence-corrected chi connectivity index (χ2v) is 6.46. The molecular formula is C14H15BrFN3S. The lowest BCUT2D eigenvalue weighted by Gasteiger charge is -2.11. The van der Waals surface area contributed by atoms with Crippen LogP contribution in [0, 0.1) is 5.82 Å². The standard InChI is InChI=1S/C14H15BrFN3S/c1-8(2)13-12(15)14(17)19-11(18-13)7-20-10-5-3-9(16)4-6-10/h3-6,8H,7H2,1-2H3,(H2,17,18,19). The highest BCUT2D eigenvalue weighted by Crippen LogP contribution is 2.29. The molecule has 0 saturated heterocycles. The van der Waals surface area contributed by atoms with Crippen molar-refractivity contribution < 1.29 is 4.39 Å². The van der Waals surface area contributed by atoms with Crippen molar-refractivity contribution in [2.24, 2.45) is 0 Å². The van der Waals surface area contributed by atoms with E-state index in [2.05, 4.69) is 39.7 Å². The van der Waals surface area contributed by atoms with Crippen LogP contribution in [-0.4, -0.2) is 9.97 Å². The summed E-state index contributed by atoms with van der Waals surface area (Å²) in [7, 11) is 0. The van der Waals surface area contributed by atoms with Crippen molar-refractivity contribution in [3.8, 4) is 0 Å². The van der Waals surface area contributed by atoms with Gasteiger partial charge in [0, 0.05) is 4.90 Å². The molecule has 2 rings (SSSR count). The first kappa shape index (κ1) is 15.3. The third-order valence-electron chi connectivity index (χ3n) is 2.68. The Morgan fingerprint density at radius 1 is 1.25 bits per heavy atom. The Hall–Kier alpha value is -1.14. The molecule has 0 spiro atoms. The van der Waals surface area contributed by atoms with Crippen molar-refractivity contribution in [1.82, 2.24) is 9.97 Å². The van der Waals surface area contributed by atoms with Crippen LogP contribution in [0.3, 0.4) is 0 Å². The van der Waals surface area contributed by atoms with Gasteiger partial charge in [-0.15, -0.1) is 11.8 Å². The lowest BCUT2D eigenvalue weighted by Crippen LogP contribution is -2.06. The predicted octanol–water partition coefficient (Wildman–Crippen LogP) is 4.38. The molecule has 3 nitrogen and oxygen atoms in total. The highest BCUT2D eigenvalue weighted by Gasteiger charge is 2.13. The van der Waals surface area contributed by atoms with Crippen LogP contribution in [0.5, 0.6) is 0 Å². The molecule has 2 N–H and O–H groups in total. The van der Waals surface area contributed by atoms with Gasteiger partial charge in [-0.1, -0.05) is 13.8 Å². The maximum Gasteiger partial charge on any atom is 0.141 e. The number of anilines is 1. The molecular weight excluding hydrogens is 341 g/mol. The number of nitrogens with zero attached hydrogens (tertiary/aromatic N) is 2. The summed E-state index contributed by atoms with van der Waals surface area (Å²) in [6, 6.07) is 6.37. The summed E-state index contributed by atoms with van der Waals surface area (Å²) in [6.07, 6.45) is 0. The zero-order valence-corrected chi connectivity index (χ0v) is 13.6. The SMILES string of the molecule is CC(C)c1nc(CSc2ccc(F)cc2)nc(N)c1Br. The van der Waals surface area contributed by atoms with Gasteiger partial charge in [0.25, 0.3) is 0 Å². The van der Waals surface area contributed by atoms with Gasteiger partial charge in [-0.05, 0) is 46.1 Å². The molecule has 106 valence electrons. The van der Waals surface area contributed by atoms with E-state index < -0.39 is 0 Å². The molecule has 0 aliphatic carbocycles. The fourth-order valence-corrected chi connectivity index (χ4v) is 3.05. The Bertz CT molecular complexity index is 602. The van der Waals surface area contributed by atoms with Crippen molar-refractivity contribution in [2.75, 3.05) is 5.73 Å². The first-order valence-corrected chi connectivity index (χ1v) is 7.95. The van der Waals surface area contributed by atoms with Crippen molar-refractivity contribution in [3.05, 3.63) is 46.1 Å². The molecule has 0 aliphatic heterocycles. The number of nitrogen functional groups attached to an aromatic ring is 1. The van der Waals surface area contributed by atoms with Crippen LogP contribution < -0.4 is 5.73 Å². The third-order valence-corrected chi connectivity index (χ3v) is 4.50. The highest BCUT2D eigenvalue weighted by atomic mass is 79.9. The zero-order valence-electron chi connectivity index (χ0n) is 11.2. The van der Waals surface area contributed by atoms with Gasteiger partial charge in [0.05, 0.1) is 15.9 Å². The number of benzene rings is 1. The maximum atomic E-state index is 12.8. The van der Waals surface area contributed by atoms with Crippen LogP contribution >= 0.6 is 27.7 Å². The Kier molecular flexibility index (Phi) is 4.99. The average molecular weight is 356 g/mol.